The van der Waals surface area contributed by atoms with Crippen molar-refractivity contribution in [2.24, 2.45) is 0 Å². The largest absolute Gasteiger partial charge is 0.480 e. The molecule has 8 heteroatoms. The minimum Gasteiger partial charge on any atom is -0.480 e. The first kappa shape index (κ1) is 15.5. The first-order chi connectivity index (χ1) is 9.70. The van der Waals surface area contributed by atoms with E-state index in [1.165, 1.54) is 10.8 Å². The van der Waals surface area contributed by atoms with E-state index in [-0.39, 0.29) is 13.1 Å². The minimum absolute atomic E-state index is 0.149. The number of nitrogens with zero attached hydrogens (tertiary/aromatic N) is 2. The number of aryl methyl sites for hydroxylation is 1. The van der Waals surface area contributed by atoms with E-state index < -0.39 is 28.9 Å². The number of likely N-dealkylation sites (tertiary alicyclic amines) is 1. The summed E-state index contributed by atoms with van der Waals surface area (Å²) in [5, 5.41) is 19.4. The normalized spacial score (nSPS) is 26.7. The molecule has 21 heavy (non-hydrogen) atoms. The first-order valence-corrected chi connectivity index (χ1v) is 6.69. The van der Waals surface area contributed by atoms with Gasteiger partial charge in [-0.3, -0.25) is 24.0 Å². The van der Waals surface area contributed by atoms with Crippen LogP contribution in [0, 0.1) is 6.92 Å². The van der Waals surface area contributed by atoms with E-state index in [9.17, 15) is 19.5 Å². The van der Waals surface area contributed by atoms with Crippen molar-refractivity contribution < 1.29 is 15.0 Å². The maximum absolute atomic E-state index is 12.0. The van der Waals surface area contributed by atoms with Gasteiger partial charge in [-0.1, -0.05) is 0 Å². The molecule has 2 heterocycles. The fraction of sp³-hybridized carbons (Fsp3) is 0.615. The Balaban J connectivity index is 2.38. The monoisotopic (exact) mass is 297 g/mol. The molecule has 1 fully saturated rings. The second kappa shape index (κ2) is 5.45. The Morgan fingerprint density at radius 2 is 2.19 bits per heavy atom. The number of aromatic amines is 1. The van der Waals surface area contributed by atoms with E-state index in [0.29, 0.717) is 18.5 Å². The van der Waals surface area contributed by atoms with E-state index in [2.05, 4.69) is 4.98 Å². The molecule has 116 valence electrons. The number of aliphatic hydroxyl groups is 1. The standard InChI is InChI=1S/C13H19N3O5/c1-8-5-16(12(20)14-11(8)19)9-6-15(7-10(17)18)4-3-13(9,2)21/h5,9,21H,3-4,6-7H2,1-2H3,(H,17,18)(H,14,19,20)/t9-,13-/m1/s1. The van der Waals surface area contributed by atoms with Crippen LogP contribution < -0.4 is 11.2 Å². The highest BCUT2D eigenvalue weighted by Gasteiger charge is 2.39. The maximum atomic E-state index is 12.0. The molecule has 1 aliphatic rings. The third-order valence-corrected chi connectivity index (χ3v) is 3.92. The van der Waals surface area contributed by atoms with Gasteiger partial charge in [-0.2, -0.15) is 0 Å². The Labute approximate surface area is 120 Å². The summed E-state index contributed by atoms with van der Waals surface area (Å²) in [7, 11) is 0. The van der Waals surface area contributed by atoms with Crippen LogP contribution in [0.5, 0.6) is 0 Å². The number of carboxylic acid groups (broad SMARTS) is 1. The molecular weight excluding hydrogens is 278 g/mol. The molecule has 0 saturated carbocycles. The quantitative estimate of drug-likeness (QED) is 0.654. The highest BCUT2D eigenvalue weighted by molar-refractivity contribution is 5.69. The second-order valence-corrected chi connectivity index (χ2v) is 5.73. The van der Waals surface area contributed by atoms with Gasteiger partial charge in [0, 0.05) is 24.8 Å². The van der Waals surface area contributed by atoms with Crippen LogP contribution in [0.15, 0.2) is 15.8 Å². The number of carboxylic acids is 1. The zero-order valence-electron chi connectivity index (χ0n) is 12.0. The molecule has 1 aliphatic heterocycles. The van der Waals surface area contributed by atoms with Crippen LogP contribution >= 0.6 is 0 Å². The Bertz CT molecular complexity index is 661. The number of nitrogens with one attached hydrogen (secondary N) is 1. The van der Waals surface area contributed by atoms with Crippen molar-refractivity contribution in [2.75, 3.05) is 19.6 Å². The van der Waals surface area contributed by atoms with Gasteiger partial charge in [-0.15, -0.1) is 0 Å². The molecule has 0 spiro atoms. The number of H-pyrrole nitrogens is 1. The molecule has 2 atom stereocenters. The fourth-order valence-corrected chi connectivity index (χ4v) is 2.62. The molecular formula is C13H19N3O5. The number of aliphatic carboxylic acids is 1. The Kier molecular flexibility index (Phi) is 4.02. The van der Waals surface area contributed by atoms with Gasteiger partial charge < -0.3 is 10.2 Å². The van der Waals surface area contributed by atoms with Gasteiger partial charge >= 0.3 is 11.7 Å². The molecule has 0 amide bonds. The maximum Gasteiger partial charge on any atom is 0.328 e. The summed E-state index contributed by atoms with van der Waals surface area (Å²) < 4.78 is 1.28. The number of hydrogen-bond acceptors (Lipinski definition) is 5. The average molecular weight is 297 g/mol. The van der Waals surface area contributed by atoms with Gasteiger partial charge in [0.25, 0.3) is 5.56 Å². The van der Waals surface area contributed by atoms with E-state index in [4.69, 9.17) is 5.11 Å². The van der Waals surface area contributed by atoms with Crippen molar-refractivity contribution in [3.63, 3.8) is 0 Å². The molecule has 1 aromatic rings. The molecule has 0 bridgehead atoms. The van der Waals surface area contributed by atoms with Gasteiger partial charge in [0.05, 0.1) is 18.2 Å². The molecule has 0 unspecified atom stereocenters. The molecule has 2 rings (SSSR count). The van der Waals surface area contributed by atoms with Gasteiger partial charge in [0.1, 0.15) is 0 Å². The lowest BCUT2D eigenvalue weighted by atomic mass is 9.88. The first-order valence-electron chi connectivity index (χ1n) is 6.69. The summed E-state index contributed by atoms with van der Waals surface area (Å²) in [4.78, 5) is 38.1. The molecule has 0 radical (unpaired) electrons. The number of carbonyl (C=O) groups is 1. The minimum atomic E-state index is -1.15. The smallest absolute Gasteiger partial charge is 0.328 e. The lowest BCUT2D eigenvalue weighted by Gasteiger charge is -2.42. The summed E-state index contributed by atoms with van der Waals surface area (Å²) >= 11 is 0. The van der Waals surface area contributed by atoms with Crippen LogP contribution in [-0.2, 0) is 4.79 Å². The predicted octanol–water partition coefficient (Wildman–Crippen LogP) is -1.07. The third-order valence-electron chi connectivity index (χ3n) is 3.92. The van der Waals surface area contributed by atoms with Crippen LogP contribution in [0.25, 0.3) is 0 Å². The van der Waals surface area contributed by atoms with E-state index in [0.717, 1.165) is 0 Å². The molecule has 0 aromatic carbocycles. The fourth-order valence-electron chi connectivity index (χ4n) is 2.62. The van der Waals surface area contributed by atoms with Crippen LogP contribution in [0.1, 0.15) is 24.9 Å². The van der Waals surface area contributed by atoms with Crippen LogP contribution in [-0.4, -0.2) is 55.9 Å². The summed E-state index contributed by atoms with van der Waals surface area (Å²) in [6, 6.07) is -0.617. The van der Waals surface area contributed by atoms with Crippen LogP contribution in [0.4, 0.5) is 0 Å². The average Bonchev–Trinajstić information content (AvgIpc) is 2.36. The molecule has 3 N–H and O–H groups in total. The molecule has 0 aliphatic carbocycles. The zero-order chi connectivity index (χ0) is 15.8. The van der Waals surface area contributed by atoms with Crippen LogP contribution in [0.3, 0.4) is 0 Å². The van der Waals surface area contributed by atoms with E-state index >= 15 is 0 Å². The molecule has 8 nitrogen and oxygen atoms in total. The number of rotatable bonds is 3. The van der Waals surface area contributed by atoms with Crippen LogP contribution in [0.2, 0.25) is 0 Å². The lowest BCUT2D eigenvalue weighted by molar-refractivity contribution is -0.140. The molecule has 1 aromatic heterocycles. The van der Waals surface area contributed by atoms with Gasteiger partial charge in [-0.25, -0.2) is 4.79 Å². The Hall–Kier alpha value is -1.93. The highest BCUT2D eigenvalue weighted by atomic mass is 16.4. The van der Waals surface area contributed by atoms with Crippen molar-refractivity contribution in [1.29, 1.82) is 0 Å². The Morgan fingerprint density at radius 1 is 1.52 bits per heavy atom. The van der Waals surface area contributed by atoms with Crippen molar-refractivity contribution >= 4 is 5.97 Å². The predicted molar refractivity (Wildman–Crippen MR) is 74.4 cm³/mol. The molecule has 1 saturated heterocycles. The van der Waals surface area contributed by atoms with Crippen molar-refractivity contribution in [3.05, 3.63) is 32.6 Å². The van der Waals surface area contributed by atoms with Crippen molar-refractivity contribution in [1.82, 2.24) is 14.5 Å². The van der Waals surface area contributed by atoms with E-state index in [1.54, 1.807) is 18.7 Å². The van der Waals surface area contributed by atoms with Gasteiger partial charge in [0.2, 0.25) is 0 Å². The van der Waals surface area contributed by atoms with Gasteiger partial charge in [0.15, 0.2) is 0 Å². The Morgan fingerprint density at radius 3 is 2.81 bits per heavy atom. The number of piperidine rings is 1. The summed E-state index contributed by atoms with van der Waals surface area (Å²) in [6.07, 6.45) is 1.75. The second-order valence-electron chi connectivity index (χ2n) is 5.73. The topological polar surface area (TPSA) is 116 Å². The highest BCUT2D eigenvalue weighted by Crippen LogP contribution is 2.30. The zero-order valence-corrected chi connectivity index (χ0v) is 12.0. The summed E-state index contributed by atoms with van der Waals surface area (Å²) in [6.45, 7) is 3.70. The SMILES string of the molecule is Cc1cn([C@@H]2CN(CC(=O)O)CC[C@@]2(C)O)c(=O)[nH]c1=O. The summed E-state index contributed by atoms with van der Waals surface area (Å²) in [5.74, 6) is -0.958. The lowest BCUT2D eigenvalue weighted by Crippen LogP contribution is -2.54. The van der Waals surface area contributed by atoms with Crippen molar-refractivity contribution in [3.8, 4) is 0 Å². The number of hydrogen-bond donors (Lipinski definition) is 3. The van der Waals surface area contributed by atoms with Gasteiger partial charge in [-0.05, 0) is 20.3 Å². The van der Waals surface area contributed by atoms with E-state index in [1.807, 2.05) is 0 Å². The number of aromatic nitrogens is 2. The summed E-state index contributed by atoms with van der Waals surface area (Å²) in [5.41, 5.74) is -1.85. The third kappa shape index (κ3) is 3.22. The van der Waals surface area contributed by atoms with Crippen molar-refractivity contribution in [2.45, 2.75) is 31.9 Å².